The van der Waals surface area contributed by atoms with E-state index in [1.807, 2.05) is 11.6 Å². The van der Waals surface area contributed by atoms with Crippen LogP contribution in [-0.2, 0) is 11.2 Å². The third kappa shape index (κ3) is 2.26. The standard InChI is InChI=1S/C14H20N4OS/c15-12(6-10-7-18-4-5-20-14(18)16-10)13-8-17-3-1-2-11(17)9-19-13/h4-5,7,11-13H,1-3,6,8-9,15H2. The number of nitrogens with zero attached hydrogens (tertiary/aromatic N) is 3. The second kappa shape index (κ2) is 5.11. The first-order valence-corrected chi connectivity index (χ1v) is 8.20. The fourth-order valence-corrected chi connectivity index (χ4v) is 4.07. The number of nitrogens with two attached hydrogens (primary N) is 1. The quantitative estimate of drug-likeness (QED) is 0.921. The van der Waals surface area contributed by atoms with Gasteiger partial charge in [0.2, 0.25) is 0 Å². The highest BCUT2D eigenvalue weighted by Crippen LogP contribution is 2.24. The molecule has 20 heavy (non-hydrogen) atoms. The molecule has 2 aliphatic heterocycles. The van der Waals surface area contributed by atoms with Crippen LogP contribution < -0.4 is 5.73 Å². The van der Waals surface area contributed by atoms with Crippen LogP contribution in [0.15, 0.2) is 17.8 Å². The highest BCUT2D eigenvalue weighted by molar-refractivity contribution is 7.15. The number of fused-ring (bicyclic) bond motifs is 2. The minimum Gasteiger partial charge on any atom is -0.374 e. The highest BCUT2D eigenvalue weighted by atomic mass is 32.1. The SMILES string of the molecule is NC(Cc1cn2ccsc2n1)C1CN2CCCC2CO1. The van der Waals surface area contributed by atoms with Gasteiger partial charge in [-0.25, -0.2) is 4.98 Å². The van der Waals surface area contributed by atoms with Gasteiger partial charge in [-0.05, 0) is 19.4 Å². The zero-order valence-corrected chi connectivity index (χ0v) is 12.3. The summed E-state index contributed by atoms with van der Waals surface area (Å²) in [7, 11) is 0. The van der Waals surface area contributed by atoms with Crippen LogP contribution in [0.5, 0.6) is 0 Å². The zero-order valence-electron chi connectivity index (χ0n) is 11.4. The molecule has 3 atom stereocenters. The molecule has 2 saturated heterocycles. The van der Waals surface area contributed by atoms with Crippen molar-refractivity contribution >= 4 is 16.3 Å². The van der Waals surface area contributed by atoms with Crippen LogP contribution in [0.3, 0.4) is 0 Å². The molecule has 3 unspecified atom stereocenters. The lowest BCUT2D eigenvalue weighted by atomic mass is 10.0. The van der Waals surface area contributed by atoms with Crippen molar-refractivity contribution < 1.29 is 4.74 Å². The highest BCUT2D eigenvalue weighted by Gasteiger charge is 2.34. The molecule has 2 aliphatic rings. The molecule has 2 aromatic heterocycles. The third-order valence-electron chi connectivity index (χ3n) is 4.48. The summed E-state index contributed by atoms with van der Waals surface area (Å²) < 4.78 is 8.04. The van der Waals surface area contributed by atoms with Gasteiger partial charge in [-0.15, -0.1) is 11.3 Å². The van der Waals surface area contributed by atoms with Crippen LogP contribution >= 0.6 is 11.3 Å². The van der Waals surface area contributed by atoms with E-state index in [-0.39, 0.29) is 12.1 Å². The summed E-state index contributed by atoms with van der Waals surface area (Å²) in [6.45, 7) is 3.03. The van der Waals surface area contributed by atoms with E-state index in [2.05, 4.69) is 20.5 Å². The predicted octanol–water partition coefficient (Wildman–Crippen LogP) is 1.13. The van der Waals surface area contributed by atoms with Gasteiger partial charge in [0.15, 0.2) is 4.96 Å². The predicted molar refractivity (Wildman–Crippen MR) is 79.1 cm³/mol. The lowest BCUT2D eigenvalue weighted by molar-refractivity contribution is -0.0590. The summed E-state index contributed by atoms with van der Waals surface area (Å²) in [4.78, 5) is 8.19. The maximum atomic E-state index is 6.36. The first-order valence-electron chi connectivity index (χ1n) is 7.32. The van der Waals surface area contributed by atoms with E-state index in [1.54, 1.807) is 11.3 Å². The van der Waals surface area contributed by atoms with Gasteiger partial charge in [-0.1, -0.05) is 0 Å². The monoisotopic (exact) mass is 292 g/mol. The molecule has 108 valence electrons. The van der Waals surface area contributed by atoms with E-state index >= 15 is 0 Å². The van der Waals surface area contributed by atoms with Crippen molar-refractivity contribution in [3.8, 4) is 0 Å². The smallest absolute Gasteiger partial charge is 0.193 e. The van der Waals surface area contributed by atoms with Gasteiger partial charge in [0, 0.05) is 42.8 Å². The summed E-state index contributed by atoms with van der Waals surface area (Å²) in [5, 5.41) is 2.05. The molecule has 0 bridgehead atoms. The average Bonchev–Trinajstić information content (AvgIpc) is 3.11. The molecule has 2 fully saturated rings. The molecule has 2 aromatic rings. The summed E-state index contributed by atoms with van der Waals surface area (Å²) in [5.74, 6) is 0. The van der Waals surface area contributed by atoms with E-state index in [0.717, 1.165) is 30.2 Å². The topological polar surface area (TPSA) is 55.8 Å². The Balaban J connectivity index is 1.42. The zero-order chi connectivity index (χ0) is 13.5. The molecule has 0 aliphatic carbocycles. The van der Waals surface area contributed by atoms with Crippen LogP contribution in [0, 0.1) is 0 Å². The van der Waals surface area contributed by atoms with Crippen molar-refractivity contribution in [1.82, 2.24) is 14.3 Å². The van der Waals surface area contributed by atoms with E-state index in [0.29, 0.717) is 6.04 Å². The van der Waals surface area contributed by atoms with Crippen LogP contribution in [0.4, 0.5) is 0 Å². The van der Waals surface area contributed by atoms with Crippen molar-refractivity contribution in [3.63, 3.8) is 0 Å². The van der Waals surface area contributed by atoms with Gasteiger partial charge in [0.25, 0.3) is 0 Å². The molecule has 6 heteroatoms. The first kappa shape index (κ1) is 12.8. The second-order valence-corrected chi connectivity index (χ2v) is 6.73. The first-order chi connectivity index (χ1) is 9.79. The number of imidazole rings is 1. The van der Waals surface area contributed by atoms with E-state index in [1.165, 1.54) is 19.4 Å². The lowest BCUT2D eigenvalue weighted by Gasteiger charge is -2.37. The number of hydrogen-bond donors (Lipinski definition) is 1. The fourth-order valence-electron chi connectivity index (χ4n) is 3.35. The maximum absolute atomic E-state index is 6.36. The van der Waals surface area contributed by atoms with Crippen molar-refractivity contribution in [2.24, 2.45) is 5.73 Å². The summed E-state index contributed by atoms with van der Waals surface area (Å²) in [6.07, 6.45) is 7.62. The molecule has 4 heterocycles. The van der Waals surface area contributed by atoms with Gasteiger partial charge >= 0.3 is 0 Å². The van der Waals surface area contributed by atoms with E-state index in [4.69, 9.17) is 10.5 Å². The van der Waals surface area contributed by atoms with Crippen molar-refractivity contribution in [2.75, 3.05) is 19.7 Å². The van der Waals surface area contributed by atoms with Gasteiger partial charge in [-0.2, -0.15) is 0 Å². The molecular weight excluding hydrogens is 272 g/mol. The van der Waals surface area contributed by atoms with E-state index < -0.39 is 0 Å². The maximum Gasteiger partial charge on any atom is 0.193 e. The van der Waals surface area contributed by atoms with Crippen molar-refractivity contribution in [1.29, 1.82) is 0 Å². The molecule has 0 radical (unpaired) electrons. The Kier molecular flexibility index (Phi) is 3.26. The van der Waals surface area contributed by atoms with Gasteiger partial charge in [0.05, 0.1) is 18.4 Å². The number of rotatable bonds is 3. The molecule has 0 amide bonds. The second-order valence-electron chi connectivity index (χ2n) is 5.86. The summed E-state index contributed by atoms with van der Waals surface area (Å²) in [5.41, 5.74) is 7.42. The Morgan fingerprint density at radius 2 is 2.50 bits per heavy atom. The normalized spacial score (nSPS) is 28.9. The Hall–Kier alpha value is -0.950. The third-order valence-corrected chi connectivity index (χ3v) is 5.25. The lowest BCUT2D eigenvalue weighted by Crippen LogP contribution is -2.53. The van der Waals surface area contributed by atoms with Gasteiger partial charge in [-0.3, -0.25) is 9.30 Å². The number of hydrogen-bond acceptors (Lipinski definition) is 5. The van der Waals surface area contributed by atoms with Crippen LogP contribution in [0.2, 0.25) is 0 Å². The van der Waals surface area contributed by atoms with Gasteiger partial charge < -0.3 is 10.5 Å². The number of thiazole rings is 1. The minimum absolute atomic E-state index is 0.0288. The Bertz CT molecular complexity index is 566. The average molecular weight is 292 g/mol. The summed E-state index contributed by atoms with van der Waals surface area (Å²) >= 11 is 1.65. The minimum atomic E-state index is 0.0288. The molecule has 0 spiro atoms. The fraction of sp³-hybridized carbons (Fsp3) is 0.643. The molecule has 2 N–H and O–H groups in total. The summed E-state index contributed by atoms with van der Waals surface area (Å²) in [6, 6.07) is 0.664. The molecule has 4 rings (SSSR count). The number of morpholine rings is 1. The van der Waals surface area contributed by atoms with Crippen LogP contribution in [0.25, 0.3) is 4.96 Å². The number of aromatic nitrogens is 2. The molecule has 0 aromatic carbocycles. The van der Waals surface area contributed by atoms with Crippen LogP contribution in [-0.4, -0.2) is 52.2 Å². The largest absolute Gasteiger partial charge is 0.374 e. The Morgan fingerprint density at radius 3 is 3.40 bits per heavy atom. The Morgan fingerprint density at radius 1 is 1.55 bits per heavy atom. The van der Waals surface area contributed by atoms with Crippen molar-refractivity contribution in [2.45, 2.75) is 37.5 Å². The Labute approximate surface area is 122 Å². The van der Waals surface area contributed by atoms with Crippen molar-refractivity contribution in [3.05, 3.63) is 23.5 Å². The molecule has 0 saturated carbocycles. The molecular formula is C14H20N4OS. The molecule has 5 nitrogen and oxygen atoms in total. The number of ether oxygens (including phenoxy) is 1. The van der Waals surface area contributed by atoms with Gasteiger partial charge in [0.1, 0.15) is 0 Å². The van der Waals surface area contributed by atoms with E-state index in [9.17, 15) is 0 Å². The van der Waals surface area contributed by atoms with Crippen LogP contribution in [0.1, 0.15) is 18.5 Å².